The van der Waals surface area contributed by atoms with Crippen molar-refractivity contribution >= 4 is 63.5 Å². The fraction of sp³-hybridized carbons (Fsp3) is 0.471. The van der Waals surface area contributed by atoms with E-state index in [1.165, 1.54) is 28.9 Å². The Labute approximate surface area is 217 Å². The van der Waals surface area contributed by atoms with Gasteiger partial charge in [-0.2, -0.15) is 0 Å². The molecule has 0 radical (unpaired) electrons. The first-order chi connectivity index (χ1) is 14.9. The molecule has 0 bridgehead atoms. The Morgan fingerprint density at radius 1 is 1.50 bits per heavy atom. The Kier molecular flexibility index (Phi) is 8.52. The normalized spacial score (nSPS) is 25.1. The van der Waals surface area contributed by atoms with Crippen LogP contribution in [0, 0.1) is 0 Å². The number of thiazole rings is 1. The summed E-state index contributed by atoms with van der Waals surface area (Å²) in [6, 6.07) is -0.968. The Morgan fingerprint density at radius 3 is 2.88 bits per heavy atom. The molecule has 15 heteroatoms. The molecule has 4 N–H and O–H groups in total. The van der Waals surface area contributed by atoms with Crippen molar-refractivity contribution in [3.63, 3.8) is 0 Å². The number of aromatic nitrogens is 1. The number of hydrogen-bond donors (Lipinski definition) is 3. The minimum Gasteiger partial charge on any atom is -0.543 e. The summed E-state index contributed by atoms with van der Waals surface area (Å²) in [4.78, 5) is 42.6. The molecule has 2 amide bonds. The fourth-order valence-electron chi connectivity index (χ4n) is 3.48. The van der Waals surface area contributed by atoms with E-state index in [9.17, 15) is 24.7 Å². The zero-order valence-corrected chi connectivity index (χ0v) is 21.4. The number of carboxylic acids is 1. The summed E-state index contributed by atoms with van der Waals surface area (Å²) < 4.78 is 5.57. The Morgan fingerprint density at radius 2 is 2.28 bits per heavy atom. The molecular formula is C17H18N5NaO6S3. The van der Waals surface area contributed by atoms with Crippen LogP contribution in [0.3, 0.4) is 0 Å². The van der Waals surface area contributed by atoms with Crippen molar-refractivity contribution in [2.24, 2.45) is 5.16 Å². The number of nitrogen functional groups attached to an aromatic ring is 1. The van der Waals surface area contributed by atoms with Crippen LogP contribution in [0.2, 0.25) is 0 Å². The number of carbonyl (C=O) groups excluding carboxylic acids is 3. The summed E-state index contributed by atoms with van der Waals surface area (Å²) in [5.41, 5.74) is 5.07. The number of fused-ring (bicyclic) bond motifs is 1. The number of amides is 2. The Hall–Kier alpha value is -1.29. The molecular weight excluding hydrogens is 489 g/mol. The average molecular weight is 508 g/mol. The quantitative estimate of drug-likeness (QED) is 0.109. The molecule has 0 spiro atoms. The number of nitrogens with two attached hydrogens (primary N) is 1. The number of β-lactam (4-membered cyclic amide) rings is 1. The first-order valence-corrected chi connectivity index (χ1v) is 12.2. The largest absolute Gasteiger partial charge is 1.00 e. The zero-order chi connectivity index (χ0) is 22.1. The number of rotatable bonds is 7. The number of anilines is 1. The summed E-state index contributed by atoms with van der Waals surface area (Å²) in [6.45, 7) is 0.701. The maximum absolute atomic E-state index is 12.7. The van der Waals surface area contributed by atoms with E-state index < -0.39 is 29.2 Å². The van der Waals surface area contributed by atoms with Crippen LogP contribution in [0.15, 0.2) is 21.1 Å². The smallest absolute Gasteiger partial charge is 0.543 e. The summed E-state index contributed by atoms with van der Waals surface area (Å²) in [6.07, 6.45) is 1.97. The first-order valence-electron chi connectivity index (χ1n) is 9.28. The van der Waals surface area contributed by atoms with E-state index in [1.54, 1.807) is 0 Å². The molecule has 0 aliphatic carbocycles. The van der Waals surface area contributed by atoms with E-state index >= 15 is 0 Å². The number of nitrogens with zero attached hydrogens (tertiary/aromatic N) is 3. The van der Waals surface area contributed by atoms with Crippen LogP contribution >= 0.6 is 34.9 Å². The molecule has 1 aromatic heterocycles. The van der Waals surface area contributed by atoms with Gasteiger partial charge in [0.25, 0.3) is 11.8 Å². The second-order valence-corrected chi connectivity index (χ2v) is 10.00. The van der Waals surface area contributed by atoms with Crippen molar-refractivity contribution in [2.45, 2.75) is 30.4 Å². The van der Waals surface area contributed by atoms with Crippen LogP contribution in [0.1, 0.15) is 18.5 Å². The molecule has 4 heterocycles. The van der Waals surface area contributed by atoms with Gasteiger partial charge >= 0.3 is 29.6 Å². The van der Waals surface area contributed by atoms with E-state index in [1.807, 2.05) is 0 Å². The van der Waals surface area contributed by atoms with E-state index in [0.29, 0.717) is 23.0 Å². The molecule has 3 aliphatic rings. The predicted molar refractivity (Wildman–Crippen MR) is 113 cm³/mol. The van der Waals surface area contributed by atoms with Crippen LogP contribution in [0.25, 0.3) is 0 Å². The average Bonchev–Trinajstić information content (AvgIpc) is 3.42. The predicted octanol–water partition coefficient (Wildman–Crippen LogP) is -3.82. The van der Waals surface area contributed by atoms with Crippen LogP contribution in [0.5, 0.6) is 0 Å². The van der Waals surface area contributed by atoms with Gasteiger partial charge in [-0.1, -0.05) is 5.16 Å². The van der Waals surface area contributed by atoms with Gasteiger partial charge < -0.3 is 30.9 Å². The van der Waals surface area contributed by atoms with Gasteiger partial charge in [0.2, 0.25) is 0 Å². The number of oxime groups is 1. The number of thioether (sulfide) groups is 2. The summed E-state index contributed by atoms with van der Waals surface area (Å²) in [5.74, 6) is -1.86. The number of nitrogens with one attached hydrogen (secondary N) is 1. The van der Waals surface area contributed by atoms with E-state index in [4.69, 9.17) is 10.5 Å². The van der Waals surface area contributed by atoms with Crippen molar-refractivity contribution in [2.75, 3.05) is 23.8 Å². The molecule has 4 rings (SSSR count). The van der Waals surface area contributed by atoms with Gasteiger partial charge in [0.05, 0.1) is 17.8 Å². The fourth-order valence-corrected chi connectivity index (χ4v) is 6.73. The van der Waals surface area contributed by atoms with E-state index in [2.05, 4.69) is 15.5 Å². The number of aliphatic carboxylic acids is 1. The first kappa shape index (κ1) is 25.3. The van der Waals surface area contributed by atoms with Crippen LogP contribution in [-0.2, 0) is 19.1 Å². The van der Waals surface area contributed by atoms with Crippen molar-refractivity contribution in [1.29, 1.82) is 0 Å². The van der Waals surface area contributed by atoms with Crippen LogP contribution in [-0.4, -0.2) is 74.2 Å². The van der Waals surface area contributed by atoms with Gasteiger partial charge in [0.15, 0.2) is 10.8 Å². The molecule has 166 valence electrons. The molecule has 2 unspecified atom stereocenters. The molecule has 0 saturated carbocycles. The van der Waals surface area contributed by atoms with Crippen LogP contribution < -0.4 is 45.7 Å². The second-order valence-electron chi connectivity index (χ2n) is 6.89. The van der Waals surface area contributed by atoms with Crippen molar-refractivity contribution in [3.8, 4) is 0 Å². The molecule has 3 atom stereocenters. The molecule has 2 saturated heterocycles. The molecule has 11 nitrogen and oxygen atoms in total. The second kappa shape index (κ2) is 10.8. The summed E-state index contributed by atoms with van der Waals surface area (Å²) in [5, 5.41) is 27.5. The maximum Gasteiger partial charge on any atom is 1.00 e. The third-order valence-electron chi connectivity index (χ3n) is 4.96. The van der Waals surface area contributed by atoms with Gasteiger partial charge in [0, 0.05) is 28.4 Å². The van der Waals surface area contributed by atoms with Crippen molar-refractivity contribution < 1.29 is 59.0 Å². The monoisotopic (exact) mass is 507 g/mol. The molecule has 32 heavy (non-hydrogen) atoms. The van der Waals surface area contributed by atoms with Crippen LogP contribution in [0.4, 0.5) is 5.13 Å². The summed E-state index contributed by atoms with van der Waals surface area (Å²) >= 11 is 3.76. The van der Waals surface area contributed by atoms with E-state index in [-0.39, 0.29) is 57.9 Å². The summed E-state index contributed by atoms with van der Waals surface area (Å²) in [7, 11) is 0. The molecule has 3 aliphatic heterocycles. The minimum atomic E-state index is -1.44. The SMILES string of the molecule is Nc1nc(/C(=N/O)C(=O)NC2C(=O)N3C(C(=O)[O-])=C(SCC4CCCO4)CS[C@H]23)cs1.[Na+]. The Balaban J connectivity index is 0.00000289. The maximum atomic E-state index is 12.7. The number of ether oxygens (including phenoxy) is 1. The van der Waals surface area contributed by atoms with E-state index in [0.717, 1.165) is 29.1 Å². The Bertz CT molecular complexity index is 980. The third kappa shape index (κ3) is 4.95. The van der Waals surface area contributed by atoms with Gasteiger partial charge in [-0.05, 0) is 12.8 Å². The number of carbonyl (C=O) groups is 3. The number of carboxylic acid groups (broad SMARTS) is 1. The molecule has 0 aromatic carbocycles. The van der Waals surface area contributed by atoms with Crippen molar-refractivity contribution in [1.82, 2.24) is 15.2 Å². The van der Waals surface area contributed by atoms with Gasteiger partial charge in [-0.15, -0.1) is 34.9 Å². The third-order valence-corrected chi connectivity index (χ3v) is 8.32. The topological polar surface area (TPSA) is 170 Å². The minimum absolute atomic E-state index is 0. The van der Waals surface area contributed by atoms with Gasteiger partial charge in [-0.25, -0.2) is 4.98 Å². The van der Waals surface area contributed by atoms with Gasteiger partial charge in [0.1, 0.15) is 17.1 Å². The van der Waals surface area contributed by atoms with Gasteiger partial charge in [-0.3, -0.25) is 14.5 Å². The number of hydrogen-bond acceptors (Lipinski definition) is 12. The molecule has 2 fully saturated rings. The standard InChI is InChI=1S/C17H19N5O6S3.Na/c18-17-19-8(5-31-17)10(21-27)13(23)20-11-14(24)22-12(16(25)26)9(6-30-15(11)22)29-4-7-2-1-3-28-7;/h5,7,11,15,27H,1-4,6H2,(H2,18,19)(H,20,23)(H,25,26);/q;+1/p-1/b21-10-;/t7?,11?,15-;/m1./s1. The zero-order valence-electron chi connectivity index (χ0n) is 17.0. The van der Waals surface area contributed by atoms with Crippen molar-refractivity contribution in [3.05, 3.63) is 21.7 Å². The molecule has 1 aromatic rings.